The normalized spacial score (nSPS) is 10.2. The van der Waals surface area contributed by atoms with Gasteiger partial charge in [0, 0.05) is 17.6 Å². The number of anilines is 1. The summed E-state index contributed by atoms with van der Waals surface area (Å²) in [5.41, 5.74) is 0.868. The van der Waals surface area contributed by atoms with Gasteiger partial charge in [-0.15, -0.1) is 0 Å². The molecule has 0 saturated heterocycles. The average Bonchev–Trinajstić information content (AvgIpc) is 2.71. The molecule has 0 spiro atoms. The van der Waals surface area contributed by atoms with Gasteiger partial charge < -0.3 is 9.84 Å². The van der Waals surface area contributed by atoms with Gasteiger partial charge in [0.05, 0.1) is 6.54 Å². The van der Waals surface area contributed by atoms with E-state index in [-0.39, 0.29) is 0 Å². The topological polar surface area (TPSA) is 63.8 Å². The van der Waals surface area contributed by atoms with E-state index in [1.54, 1.807) is 0 Å². The molecule has 0 aromatic carbocycles. The van der Waals surface area contributed by atoms with E-state index in [1.165, 1.54) is 17.9 Å². The van der Waals surface area contributed by atoms with Gasteiger partial charge in [0.25, 0.3) is 0 Å². The van der Waals surface area contributed by atoms with Crippen LogP contribution in [0.2, 0.25) is 0 Å². The van der Waals surface area contributed by atoms with Crippen molar-refractivity contribution in [2.45, 2.75) is 13.5 Å². The Labute approximate surface area is 79.0 Å². The van der Waals surface area contributed by atoms with E-state index in [2.05, 4.69) is 19.8 Å². The fourth-order valence-corrected chi connectivity index (χ4v) is 1.34. The molecule has 0 atom stereocenters. The number of rotatable bonds is 3. The fourth-order valence-electron chi connectivity index (χ4n) is 0.918. The predicted octanol–water partition coefficient (Wildman–Crippen LogP) is 1.45. The first-order valence-corrected chi connectivity index (χ1v) is 4.54. The highest BCUT2D eigenvalue weighted by atomic mass is 32.1. The van der Waals surface area contributed by atoms with Gasteiger partial charge in [0.1, 0.15) is 17.8 Å². The van der Waals surface area contributed by atoms with Gasteiger partial charge in [-0.2, -0.15) is 4.37 Å². The highest BCUT2D eigenvalue weighted by Crippen LogP contribution is 2.09. The van der Waals surface area contributed by atoms with Crippen molar-refractivity contribution in [3.63, 3.8) is 0 Å². The standard InChI is InChI=1S/C7H8N4OS/c1-5-2-6(11-12-5)3-8-7-9-4-10-13-7/h2,4H,3H2,1H3,(H,8,9,10). The molecule has 0 radical (unpaired) electrons. The van der Waals surface area contributed by atoms with Crippen LogP contribution >= 0.6 is 11.5 Å². The average molecular weight is 196 g/mol. The molecule has 0 unspecified atom stereocenters. The Kier molecular flexibility index (Phi) is 2.22. The molecule has 68 valence electrons. The molecule has 1 N–H and O–H groups in total. The Morgan fingerprint density at radius 1 is 1.62 bits per heavy atom. The molecule has 13 heavy (non-hydrogen) atoms. The summed E-state index contributed by atoms with van der Waals surface area (Å²) in [5.74, 6) is 0.814. The van der Waals surface area contributed by atoms with E-state index in [0.717, 1.165) is 16.6 Å². The number of nitrogens with zero attached hydrogens (tertiary/aromatic N) is 3. The summed E-state index contributed by atoms with van der Waals surface area (Å²) in [5, 5.41) is 7.70. The zero-order valence-electron chi connectivity index (χ0n) is 7.02. The summed E-state index contributed by atoms with van der Waals surface area (Å²) in [6.07, 6.45) is 1.51. The van der Waals surface area contributed by atoms with Crippen LogP contribution in [0.4, 0.5) is 5.13 Å². The highest BCUT2D eigenvalue weighted by molar-refractivity contribution is 7.09. The van der Waals surface area contributed by atoms with Crippen molar-refractivity contribution < 1.29 is 4.52 Å². The molecule has 5 nitrogen and oxygen atoms in total. The molecular formula is C7H8N4OS. The first kappa shape index (κ1) is 8.18. The molecule has 0 aliphatic carbocycles. The number of hydrogen-bond donors (Lipinski definition) is 1. The lowest BCUT2D eigenvalue weighted by Gasteiger charge is -1.95. The van der Waals surface area contributed by atoms with Crippen molar-refractivity contribution >= 4 is 16.7 Å². The quantitative estimate of drug-likeness (QED) is 0.804. The minimum absolute atomic E-state index is 0.618. The van der Waals surface area contributed by atoms with Gasteiger partial charge in [-0.3, -0.25) is 0 Å². The maximum atomic E-state index is 4.91. The Bertz CT molecular complexity index is 370. The lowest BCUT2D eigenvalue weighted by Crippen LogP contribution is -1.98. The maximum absolute atomic E-state index is 4.91. The van der Waals surface area contributed by atoms with E-state index < -0.39 is 0 Å². The largest absolute Gasteiger partial charge is 0.361 e. The third-order valence-corrected chi connectivity index (χ3v) is 2.08. The lowest BCUT2D eigenvalue weighted by molar-refractivity contribution is 0.391. The number of nitrogens with one attached hydrogen (secondary N) is 1. The smallest absolute Gasteiger partial charge is 0.202 e. The van der Waals surface area contributed by atoms with Crippen molar-refractivity contribution in [3.05, 3.63) is 23.8 Å². The van der Waals surface area contributed by atoms with Crippen molar-refractivity contribution in [1.82, 2.24) is 14.5 Å². The number of hydrogen-bond acceptors (Lipinski definition) is 6. The second kappa shape index (κ2) is 3.53. The van der Waals surface area contributed by atoms with E-state index in [0.29, 0.717) is 6.54 Å². The third kappa shape index (κ3) is 2.03. The fraction of sp³-hybridized carbons (Fsp3) is 0.286. The van der Waals surface area contributed by atoms with Crippen molar-refractivity contribution in [2.75, 3.05) is 5.32 Å². The molecule has 2 rings (SSSR count). The van der Waals surface area contributed by atoms with Gasteiger partial charge in [-0.1, -0.05) is 5.16 Å². The molecule has 0 amide bonds. The zero-order chi connectivity index (χ0) is 9.10. The van der Waals surface area contributed by atoms with E-state index in [9.17, 15) is 0 Å². The van der Waals surface area contributed by atoms with Gasteiger partial charge in [0.15, 0.2) is 0 Å². The molecular weight excluding hydrogens is 188 g/mol. The van der Waals surface area contributed by atoms with Crippen LogP contribution in [-0.2, 0) is 6.54 Å². The first-order valence-electron chi connectivity index (χ1n) is 3.77. The van der Waals surface area contributed by atoms with Crippen LogP contribution in [0.25, 0.3) is 0 Å². The summed E-state index contributed by atoms with van der Waals surface area (Å²) in [6, 6.07) is 1.88. The summed E-state index contributed by atoms with van der Waals surface area (Å²) < 4.78 is 8.78. The molecule has 2 aromatic rings. The van der Waals surface area contributed by atoms with E-state index >= 15 is 0 Å². The first-order chi connectivity index (χ1) is 6.34. The SMILES string of the molecule is Cc1cc(CNc2ncns2)no1. The number of aryl methyl sites for hydroxylation is 1. The van der Waals surface area contributed by atoms with Crippen LogP contribution in [0, 0.1) is 6.92 Å². The second-order valence-electron chi connectivity index (χ2n) is 2.53. The van der Waals surface area contributed by atoms with Crippen molar-refractivity contribution in [2.24, 2.45) is 0 Å². The van der Waals surface area contributed by atoms with Crippen molar-refractivity contribution in [3.8, 4) is 0 Å². The molecule has 2 heterocycles. The van der Waals surface area contributed by atoms with Crippen LogP contribution in [0.15, 0.2) is 16.9 Å². The molecule has 0 aliphatic heterocycles. The van der Waals surface area contributed by atoms with Crippen LogP contribution in [0.3, 0.4) is 0 Å². The van der Waals surface area contributed by atoms with Gasteiger partial charge >= 0.3 is 0 Å². The van der Waals surface area contributed by atoms with Crippen LogP contribution in [0.5, 0.6) is 0 Å². The summed E-state index contributed by atoms with van der Waals surface area (Å²) in [4.78, 5) is 3.98. The minimum atomic E-state index is 0.618. The van der Waals surface area contributed by atoms with E-state index in [4.69, 9.17) is 4.52 Å². The Hall–Kier alpha value is -1.43. The summed E-state index contributed by atoms with van der Waals surface area (Å²) in [7, 11) is 0. The molecule has 6 heteroatoms. The van der Waals surface area contributed by atoms with Crippen LogP contribution in [0.1, 0.15) is 11.5 Å². The Morgan fingerprint density at radius 3 is 3.15 bits per heavy atom. The van der Waals surface area contributed by atoms with Gasteiger partial charge in [0.2, 0.25) is 5.13 Å². The monoisotopic (exact) mass is 196 g/mol. The Morgan fingerprint density at radius 2 is 2.54 bits per heavy atom. The lowest BCUT2D eigenvalue weighted by atomic mass is 10.4. The number of aromatic nitrogens is 3. The predicted molar refractivity (Wildman–Crippen MR) is 48.5 cm³/mol. The second-order valence-corrected chi connectivity index (χ2v) is 3.31. The van der Waals surface area contributed by atoms with E-state index in [1.807, 2.05) is 13.0 Å². The minimum Gasteiger partial charge on any atom is -0.361 e. The Balaban J connectivity index is 1.93. The zero-order valence-corrected chi connectivity index (χ0v) is 7.84. The molecule has 0 fully saturated rings. The maximum Gasteiger partial charge on any atom is 0.202 e. The van der Waals surface area contributed by atoms with Crippen molar-refractivity contribution in [1.29, 1.82) is 0 Å². The van der Waals surface area contributed by atoms with Crippen LogP contribution in [-0.4, -0.2) is 14.5 Å². The highest BCUT2D eigenvalue weighted by Gasteiger charge is 2.00. The van der Waals surface area contributed by atoms with Gasteiger partial charge in [-0.25, -0.2) is 4.98 Å². The van der Waals surface area contributed by atoms with Crippen LogP contribution < -0.4 is 5.32 Å². The molecule has 2 aromatic heterocycles. The summed E-state index contributed by atoms with van der Waals surface area (Å²) in [6.45, 7) is 2.48. The summed E-state index contributed by atoms with van der Waals surface area (Å²) >= 11 is 1.32. The molecule has 0 aliphatic rings. The molecule has 0 saturated carbocycles. The van der Waals surface area contributed by atoms with Gasteiger partial charge in [-0.05, 0) is 6.92 Å². The third-order valence-electron chi connectivity index (χ3n) is 1.46. The molecule has 0 bridgehead atoms.